The van der Waals surface area contributed by atoms with Crippen LogP contribution in [0.2, 0.25) is 0 Å². The number of fused-ring (bicyclic) bond motifs is 1. The Bertz CT molecular complexity index is 1190. The van der Waals surface area contributed by atoms with Crippen LogP contribution in [0.3, 0.4) is 0 Å². The number of aromatic hydroxyl groups is 1. The van der Waals surface area contributed by atoms with Crippen LogP contribution in [0.15, 0.2) is 42.5 Å². The van der Waals surface area contributed by atoms with Crippen molar-refractivity contribution in [1.82, 2.24) is 14.9 Å². The van der Waals surface area contributed by atoms with E-state index in [0.717, 1.165) is 54.5 Å². The van der Waals surface area contributed by atoms with Gasteiger partial charge in [0, 0.05) is 58.4 Å². The first-order valence-electron chi connectivity index (χ1n) is 12.8. The molecule has 1 amide bonds. The zero-order valence-electron chi connectivity index (χ0n) is 20.1. The zero-order valence-corrected chi connectivity index (χ0v) is 20.1. The molecule has 0 radical (unpaired) electrons. The van der Waals surface area contributed by atoms with Crippen LogP contribution in [-0.2, 0) is 0 Å². The van der Waals surface area contributed by atoms with Gasteiger partial charge in [0.05, 0.1) is 5.56 Å². The summed E-state index contributed by atoms with van der Waals surface area (Å²) in [6, 6.07) is 13.4. The Labute approximate surface area is 205 Å². The van der Waals surface area contributed by atoms with Crippen molar-refractivity contribution in [3.05, 3.63) is 48.0 Å². The number of piperazine rings is 1. The Morgan fingerprint density at radius 1 is 0.686 bits per heavy atom. The largest absolute Gasteiger partial charge is 0.507 e. The highest BCUT2D eigenvalue weighted by atomic mass is 16.3. The van der Waals surface area contributed by atoms with Crippen LogP contribution in [-0.4, -0.2) is 78.2 Å². The summed E-state index contributed by atoms with van der Waals surface area (Å²) in [5, 5.41) is 12.4. The van der Waals surface area contributed by atoms with Gasteiger partial charge in [-0.2, -0.15) is 9.97 Å². The third kappa shape index (κ3) is 4.33. The second-order valence-electron chi connectivity index (χ2n) is 9.77. The van der Waals surface area contributed by atoms with Crippen LogP contribution in [0.5, 0.6) is 5.75 Å². The lowest BCUT2D eigenvalue weighted by Gasteiger charge is -2.36. The smallest absolute Gasteiger partial charge is 0.257 e. The summed E-state index contributed by atoms with van der Waals surface area (Å²) >= 11 is 0. The summed E-state index contributed by atoms with van der Waals surface area (Å²) in [6.45, 7) is 6.72. The summed E-state index contributed by atoms with van der Waals surface area (Å²) in [7, 11) is 0. The number of hydrogen-bond donors (Lipinski definition) is 1. The lowest BCUT2D eigenvalue weighted by molar-refractivity contribution is 0.0743. The molecule has 0 spiro atoms. The van der Waals surface area contributed by atoms with Gasteiger partial charge >= 0.3 is 0 Å². The molecule has 3 aliphatic heterocycles. The minimum Gasteiger partial charge on any atom is -0.507 e. The molecule has 182 valence electrons. The fourth-order valence-corrected chi connectivity index (χ4v) is 5.45. The van der Waals surface area contributed by atoms with Gasteiger partial charge in [-0.1, -0.05) is 24.3 Å². The first-order valence-corrected chi connectivity index (χ1v) is 12.8. The zero-order chi connectivity index (χ0) is 23.8. The Hall–Kier alpha value is -3.55. The van der Waals surface area contributed by atoms with E-state index in [1.54, 1.807) is 12.1 Å². The Balaban J connectivity index is 1.20. The molecule has 1 N–H and O–H groups in total. The third-order valence-electron chi connectivity index (χ3n) is 7.49. The first kappa shape index (κ1) is 21.9. The van der Waals surface area contributed by atoms with E-state index >= 15 is 0 Å². The quantitative estimate of drug-likeness (QED) is 0.623. The molecule has 35 heavy (non-hydrogen) atoms. The maximum atomic E-state index is 13.3. The molecule has 8 nitrogen and oxygen atoms in total. The average molecular weight is 473 g/mol. The van der Waals surface area contributed by atoms with Crippen LogP contribution < -0.4 is 14.7 Å². The van der Waals surface area contributed by atoms with E-state index in [1.165, 1.54) is 25.7 Å². The Morgan fingerprint density at radius 3 is 1.86 bits per heavy atom. The van der Waals surface area contributed by atoms with E-state index < -0.39 is 0 Å². The number of carbonyl (C=O) groups excluding carboxylic acids is 1. The molecule has 3 aromatic rings. The van der Waals surface area contributed by atoms with E-state index in [0.29, 0.717) is 31.7 Å². The highest BCUT2D eigenvalue weighted by Crippen LogP contribution is 2.29. The molecule has 0 aliphatic carbocycles. The molecule has 0 saturated carbocycles. The number of rotatable bonds is 4. The van der Waals surface area contributed by atoms with E-state index in [2.05, 4.69) is 20.8 Å². The number of anilines is 3. The summed E-state index contributed by atoms with van der Waals surface area (Å²) in [5.74, 6) is 2.73. The molecule has 3 saturated heterocycles. The predicted molar refractivity (Wildman–Crippen MR) is 139 cm³/mol. The van der Waals surface area contributed by atoms with Crippen LogP contribution in [0.25, 0.3) is 10.8 Å². The molecule has 2 aromatic carbocycles. The van der Waals surface area contributed by atoms with Crippen molar-refractivity contribution in [3.8, 4) is 5.75 Å². The molecule has 3 fully saturated rings. The van der Waals surface area contributed by atoms with Gasteiger partial charge in [-0.25, -0.2) is 0 Å². The van der Waals surface area contributed by atoms with Crippen molar-refractivity contribution >= 4 is 34.3 Å². The highest BCUT2D eigenvalue weighted by Gasteiger charge is 2.27. The Morgan fingerprint density at radius 2 is 1.23 bits per heavy atom. The summed E-state index contributed by atoms with van der Waals surface area (Å²) in [6.07, 6.45) is 4.80. The van der Waals surface area contributed by atoms with Gasteiger partial charge in [-0.3, -0.25) is 4.79 Å². The van der Waals surface area contributed by atoms with E-state index in [1.807, 2.05) is 29.2 Å². The molecule has 3 aliphatic rings. The van der Waals surface area contributed by atoms with E-state index in [4.69, 9.17) is 9.97 Å². The van der Waals surface area contributed by atoms with Crippen molar-refractivity contribution in [2.45, 2.75) is 25.7 Å². The summed E-state index contributed by atoms with van der Waals surface area (Å²) in [4.78, 5) is 31.9. The lowest BCUT2D eigenvalue weighted by atomic mass is 10.0. The van der Waals surface area contributed by atoms with Gasteiger partial charge in [-0.15, -0.1) is 0 Å². The number of phenolic OH excluding ortho intramolecular Hbond substituents is 1. The normalized spacial score (nSPS) is 18.6. The van der Waals surface area contributed by atoms with Crippen molar-refractivity contribution in [3.63, 3.8) is 0 Å². The minimum atomic E-state index is -0.119. The maximum absolute atomic E-state index is 13.3. The van der Waals surface area contributed by atoms with Gasteiger partial charge in [0.2, 0.25) is 5.95 Å². The predicted octanol–water partition coefficient (Wildman–Crippen LogP) is 3.50. The minimum absolute atomic E-state index is 0.0393. The molecular formula is C27H32N6O2. The fraction of sp³-hybridized carbons (Fsp3) is 0.444. The number of carbonyl (C=O) groups is 1. The van der Waals surface area contributed by atoms with Crippen molar-refractivity contribution < 1.29 is 9.90 Å². The summed E-state index contributed by atoms with van der Waals surface area (Å²) < 4.78 is 0. The SMILES string of the molecule is O=C(c1cc2ccccc2cc1O)N1CCN(c2cc(N3CCCC3)nc(N3CCCC3)n2)CC1. The van der Waals surface area contributed by atoms with Crippen LogP contribution in [0, 0.1) is 0 Å². The number of benzene rings is 2. The highest BCUT2D eigenvalue weighted by molar-refractivity contribution is 6.01. The molecule has 1 aromatic heterocycles. The van der Waals surface area contributed by atoms with Gasteiger partial charge in [0.15, 0.2) is 0 Å². The molecule has 0 bridgehead atoms. The number of aromatic nitrogens is 2. The van der Waals surface area contributed by atoms with Gasteiger partial charge in [-0.05, 0) is 48.6 Å². The molecule has 0 atom stereocenters. The second-order valence-corrected chi connectivity index (χ2v) is 9.77. The monoisotopic (exact) mass is 472 g/mol. The second kappa shape index (κ2) is 9.24. The fourth-order valence-electron chi connectivity index (χ4n) is 5.45. The van der Waals surface area contributed by atoms with Gasteiger partial charge in [0.1, 0.15) is 17.4 Å². The molecular weight excluding hydrogens is 440 g/mol. The van der Waals surface area contributed by atoms with Crippen LogP contribution in [0.1, 0.15) is 36.0 Å². The third-order valence-corrected chi connectivity index (χ3v) is 7.49. The first-order chi connectivity index (χ1) is 17.2. The van der Waals surface area contributed by atoms with Crippen LogP contribution >= 0.6 is 0 Å². The molecule has 0 unspecified atom stereocenters. The van der Waals surface area contributed by atoms with Gasteiger partial charge in [0.25, 0.3) is 5.91 Å². The summed E-state index contributed by atoms with van der Waals surface area (Å²) in [5.41, 5.74) is 0.367. The van der Waals surface area contributed by atoms with Crippen molar-refractivity contribution in [2.75, 3.05) is 67.1 Å². The average Bonchev–Trinajstić information content (AvgIpc) is 3.63. The number of amides is 1. The van der Waals surface area contributed by atoms with Crippen molar-refractivity contribution in [1.29, 1.82) is 0 Å². The van der Waals surface area contributed by atoms with Gasteiger partial charge < -0.3 is 24.7 Å². The standard InChI is InChI=1S/C27H32N6O2/c34-23-18-21-8-2-1-7-20(21)17-22(23)26(35)32-15-13-31(14-16-32)25-19-24(30-9-3-4-10-30)28-27(29-25)33-11-5-6-12-33/h1-2,7-8,17-19,34H,3-6,9-16H2. The number of phenols is 1. The number of hydrogen-bond acceptors (Lipinski definition) is 7. The molecule has 8 heteroatoms. The number of nitrogens with zero attached hydrogens (tertiary/aromatic N) is 6. The maximum Gasteiger partial charge on any atom is 0.257 e. The molecule has 6 rings (SSSR count). The molecule has 4 heterocycles. The van der Waals surface area contributed by atoms with Crippen molar-refractivity contribution in [2.24, 2.45) is 0 Å². The topological polar surface area (TPSA) is 76.0 Å². The lowest BCUT2D eigenvalue weighted by Crippen LogP contribution is -2.49. The van der Waals surface area contributed by atoms with E-state index in [9.17, 15) is 9.90 Å². The van der Waals surface area contributed by atoms with E-state index in [-0.39, 0.29) is 11.7 Å². The van der Waals surface area contributed by atoms with Crippen LogP contribution in [0.4, 0.5) is 17.6 Å². The Kier molecular flexibility index (Phi) is 5.80.